The summed E-state index contributed by atoms with van der Waals surface area (Å²) in [6.45, 7) is 1.27. The van der Waals surface area contributed by atoms with E-state index in [4.69, 9.17) is 27.9 Å². The highest BCUT2D eigenvalue weighted by molar-refractivity contribution is 6.36. The Labute approximate surface area is 150 Å². The summed E-state index contributed by atoms with van der Waals surface area (Å²) in [5.74, 6) is -0.226. The van der Waals surface area contributed by atoms with Crippen molar-refractivity contribution in [3.63, 3.8) is 0 Å². The maximum atomic E-state index is 12.2. The van der Waals surface area contributed by atoms with E-state index in [1.54, 1.807) is 36.5 Å². The molecule has 5 nitrogen and oxygen atoms in total. The number of halogens is 2. The van der Waals surface area contributed by atoms with Crippen molar-refractivity contribution in [2.24, 2.45) is 0 Å². The third-order valence-electron chi connectivity index (χ3n) is 3.72. The molecular formula is C17H17Cl2N3O2. The Morgan fingerprint density at radius 2 is 2.17 bits per heavy atom. The second-order valence-electron chi connectivity index (χ2n) is 5.52. The zero-order valence-corrected chi connectivity index (χ0v) is 14.4. The molecule has 126 valence electrons. The van der Waals surface area contributed by atoms with E-state index in [0.717, 1.165) is 25.1 Å². The first-order valence-corrected chi connectivity index (χ1v) is 8.45. The number of nitrogens with zero attached hydrogens (tertiary/aromatic N) is 1. The van der Waals surface area contributed by atoms with Crippen LogP contribution in [0.25, 0.3) is 0 Å². The number of anilines is 2. The first-order chi connectivity index (χ1) is 11.6. The quantitative estimate of drug-likeness (QED) is 0.838. The Bertz CT molecular complexity index is 734. The number of rotatable bonds is 5. The van der Waals surface area contributed by atoms with Crippen LogP contribution in [-0.2, 0) is 4.74 Å². The van der Waals surface area contributed by atoms with Crippen LogP contribution in [0.15, 0.2) is 36.5 Å². The number of nitrogens with one attached hydrogen (secondary N) is 2. The van der Waals surface area contributed by atoms with Crippen molar-refractivity contribution in [2.45, 2.75) is 18.9 Å². The van der Waals surface area contributed by atoms with E-state index in [1.165, 1.54) is 0 Å². The molecule has 3 rings (SSSR count). The van der Waals surface area contributed by atoms with Gasteiger partial charge in [0.05, 0.1) is 16.8 Å². The minimum Gasteiger partial charge on any atom is -0.376 e. The van der Waals surface area contributed by atoms with Gasteiger partial charge < -0.3 is 15.4 Å². The predicted molar refractivity (Wildman–Crippen MR) is 95.3 cm³/mol. The van der Waals surface area contributed by atoms with Gasteiger partial charge in [0, 0.05) is 30.1 Å². The molecule has 1 amide bonds. The summed E-state index contributed by atoms with van der Waals surface area (Å²) in [6.07, 6.45) is 3.69. The smallest absolute Gasteiger partial charge is 0.270 e. The molecule has 1 aliphatic rings. The number of amides is 1. The second-order valence-corrected chi connectivity index (χ2v) is 6.37. The summed E-state index contributed by atoms with van der Waals surface area (Å²) in [5.41, 5.74) is 1.76. The van der Waals surface area contributed by atoms with Crippen LogP contribution in [0.5, 0.6) is 0 Å². The Balaban J connectivity index is 1.65. The van der Waals surface area contributed by atoms with E-state index in [9.17, 15) is 4.79 Å². The number of pyridine rings is 1. The van der Waals surface area contributed by atoms with Crippen LogP contribution < -0.4 is 10.6 Å². The summed E-state index contributed by atoms with van der Waals surface area (Å²) in [6, 6.07) is 8.62. The van der Waals surface area contributed by atoms with Crippen molar-refractivity contribution in [3.05, 3.63) is 52.3 Å². The highest BCUT2D eigenvalue weighted by Crippen LogP contribution is 2.28. The van der Waals surface area contributed by atoms with Gasteiger partial charge in [0.15, 0.2) is 0 Å². The minimum atomic E-state index is -0.226. The van der Waals surface area contributed by atoms with E-state index < -0.39 is 0 Å². The number of ether oxygens (including phenoxy) is 1. The highest BCUT2D eigenvalue weighted by atomic mass is 35.5. The van der Waals surface area contributed by atoms with Crippen molar-refractivity contribution in [1.29, 1.82) is 0 Å². The standard InChI is InChI=1S/C17H17Cl2N3O2/c18-11-3-4-15(14(19)8-11)22-12-5-6-20-16(9-12)17(23)21-10-13-2-1-7-24-13/h3-6,8-9,13H,1-2,7,10H2,(H,20,22)(H,21,23). The molecular weight excluding hydrogens is 349 g/mol. The van der Waals surface area contributed by atoms with Gasteiger partial charge in [0.25, 0.3) is 5.91 Å². The summed E-state index contributed by atoms with van der Waals surface area (Å²) in [5, 5.41) is 7.08. The van der Waals surface area contributed by atoms with Crippen molar-refractivity contribution in [1.82, 2.24) is 10.3 Å². The van der Waals surface area contributed by atoms with Crippen molar-refractivity contribution in [2.75, 3.05) is 18.5 Å². The normalized spacial score (nSPS) is 16.8. The summed E-state index contributed by atoms with van der Waals surface area (Å²) in [7, 11) is 0. The number of hydrogen-bond donors (Lipinski definition) is 2. The average molecular weight is 366 g/mol. The number of benzene rings is 1. The molecule has 0 radical (unpaired) electrons. The van der Waals surface area contributed by atoms with E-state index >= 15 is 0 Å². The largest absolute Gasteiger partial charge is 0.376 e. The molecule has 1 aromatic carbocycles. The lowest BCUT2D eigenvalue weighted by molar-refractivity contribution is 0.0854. The summed E-state index contributed by atoms with van der Waals surface area (Å²) in [4.78, 5) is 16.3. The molecule has 1 unspecified atom stereocenters. The van der Waals surface area contributed by atoms with Crippen LogP contribution in [0, 0.1) is 0 Å². The van der Waals surface area contributed by atoms with Crippen molar-refractivity contribution in [3.8, 4) is 0 Å². The first-order valence-electron chi connectivity index (χ1n) is 7.70. The third kappa shape index (κ3) is 4.38. The lowest BCUT2D eigenvalue weighted by atomic mass is 10.2. The number of hydrogen-bond acceptors (Lipinski definition) is 4. The van der Waals surface area contributed by atoms with Gasteiger partial charge in [-0.2, -0.15) is 0 Å². The maximum absolute atomic E-state index is 12.2. The zero-order chi connectivity index (χ0) is 16.9. The van der Waals surface area contributed by atoms with Gasteiger partial charge >= 0.3 is 0 Å². The molecule has 0 saturated carbocycles. The molecule has 1 fully saturated rings. The monoisotopic (exact) mass is 365 g/mol. The van der Waals surface area contributed by atoms with Crippen LogP contribution in [0.2, 0.25) is 10.0 Å². The summed E-state index contributed by atoms with van der Waals surface area (Å²) >= 11 is 12.0. The van der Waals surface area contributed by atoms with Gasteiger partial charge in [-0.25, -0.2) is 0 Å². The molecule has 7 heteroatoms. The molecule has 1 saturated heterocycles. The molecule has 1 aromatic heterocycles. The fourth-order valence-corrected chi connectivity index (χ4v) is 2.94. The lowest BCUT2D eigenvalue weighted by Crippen LogP contribution is -2.32. The topological polar surface area (TPSA) is 63.2 Å². The fraction of sp³-hybridized carbons (Fsp3) is 0.294. The van der Waals surface area contributed by atoms with Gasteiger partial charge in [-0.1, -0.05) is 23.2 Å². The Morgan fingerprint density at radius 3 is 2.92 bits per heavy atom. The molecule has 0 spiro atoms. The Hall–Kier alpha value is -1.82. The molecule has 0 bridgehead atoms. The van der Waals surface area contributed by atoms with Gasteiger partial charge in [0.2, 0.25) is 0 Å². The fourth-order valence-electron chi connectivity index (χ4n) is 2.48. The molecule has 24 heavy (non-hydrogen) atoms. The third-order valence-corrected chi connectivity index (χ3v) is 4.26. The number of aromatic nitrogens is 1. The Kier molecular flexibility index (Phi) is 5.56. The van der Waals surface area contributed by atoms with Gasteiger partial charge in [-0.05, 0) is 43.2 Å². The van der Waals surface area contributed by atoms with E-state index in [1.807, 2.05) is 0 Å². The highest BCUT2D eigenvalue weighted by Gasteiger charge is 2.17. The lowest BCUT2D eigenvalue weighted by Gasteiger charge is -2.12. The van der Waals surface area contributed by atoms with Gasteiger partial charge in [-0.3, -0.25) is 9.78 Å². The van der Waals surface area contributed by atoms with Gasteiger partial charge in [-0.15, -0.1) is 0 Å². The van der Waals surface area contributed by atoms with Crippen LogP contribution >= 0.6 is 23.2 Å². The number of carbonyl (C=O) groups is 1. The molecule has 2 heterocycles. The minimum absolute atomic E-state index is 0.100. The predicted octanol–water partition coefficient (Wildman–Crippen LogP) is 4.04. The average Bonchev–Trinajstić information content (AvgIpc) is 3.09. The van der Waals surface area contributed by atoms with Crippen molar-refractivity contribution >= 4 is 40.5 Å². The van der Waals surface area contributed by atoms with Crippen LogP contribution in [0.1, 0.15) is 23.3 Å². The summed E-state index contributed by atoms with van der Waals surface area (Å²) < 4.78 is 5.49. The molecule has 2 aromatic rings. The molecule has 1 atom stereocenters. The second kappa shape index (κ2) is 7.83. The SMILES string of the molecule is O=C(NCC1CCCO1)c1cc(Nc2ccc(Cl)cc2Cl)ccn1. The van der Waals surface area contributed by atoms with E-state index in [0.29, 0.717) is 28.0 Å². The maximum Gasteiger partial charge on any atom is 0.270 e. The zero-order valence-electron chi connectivity index (χ0n) is 12.9. The van der Waals surface area contributed by atoms with Crippen LogP contribution in [0.4, 0.5) is 11.4 Å². The van der Waals surface area contributed by atoms with E-state index in [-0.39, 0.29) is 12.0 Å². The first kappa shape index (κ1) is 17.0. The molecule has 1 aliphatic heterocycles. The van der Waals surface area contributed by atoms with E-state index in [2.05, 4.69) is 15.6 Å². The number of carbonyl (C=O) groups excluding carboxylic acids is 1. The molecule has 2 N–H and O–H groups in total. The van der Waals surface area contributed by atoms with Gasteiger partial charge in [0.1, 0.15) is 5.69 Å². The van der Waals surface area contributed by atoms with Crippen LogP contribution in [0.3, 0.4) is 0 Å². The molecule has 0 aliphatic carbocycles. The van der Waals surface area contributed by atoms with Crippen LogP contribution in [-0.4, -0.2) is 30.1 Å². The van der Waals surface area contributed by atoms with Crippen molar-refractivity contribution < 1.29 is 9.53 Å². The Morgan fingerprint density at radius 1 is 1.29 bits per heavy atom.